The summed E-state index contributed by atoms with van der Waals surface area (Å²) in [5, 5.41) is 1.59. The number of hydrogen-bond acceptors (Lipinski definition) is 0. The number of benzene rings is 1. The summed E-state index contributed by atoms with van der Waals surface area (Å²) < 4.78 is 0. The smallest absolute Gasteiger partial charge is 0.0481 e. The normalized spacial score (nSPS) is 22.6. The molecule has 0 heterocycles. The zero-order valence-corrected chi connectivity index (χ0v) is 13.6. The molecule has 2 saturated carbocycles. The predicted octanol–water partition coefficient (Wildman–Crippen LogP) is 4.04. The first kappa shape index (κ1) is 13.4. The van der Waals surface area contributed by atoms with Gasteiger partial charge < -0.3 is 0 Å². The van der Waals surface area contributed by atoms with E-state index in [1.165, 1.54) is 64.2 Å². The van der Waals surface area contributed by atoms with Crippen LogP contribution in [0.25, 0.3) is 0 Å². The fourth-order valence-electron chi connectivity index (χ4n) is 4.29. The van der Waals surface area contributed by atoms with Crippen molar-refractivity contribution in [3.63, 3.8) is 0 Å². The molecule has 2 fully saturated rings. The molecule has 0 saturated heterocycles. The van der Waals surface area contributed by atoms with Gasteiger partial charge in [0.2, 0.25) is 0 Å². The van der Waals surface area contributed by atoms with Gasteiger partial charge in [-0.15, -0.1) is 0 Å². The van der Waals surface area contributed by atoms with Gasteiger partial charge in [-0.1, -0.05) is 61.9 Å². The SMILES string of the molecule is [SiH2]c1cccc(C2CCCCC2)c1C1CCCCC1. The molecule has 0 amide bonds. The summed E-state index contributed by atoms with van der Waals surface area (Å²) in [5.74, 6) is 1.75. The Morgan fingerprint density at radius 3 is 1.95 bits per heavy atom. The minimum atomic E-state index is 0.871. The van der Waals surface area contributed by atoms with Crippen LogP contribution in [-0.4, -0.2) is 10.2 Å². The molecule has 0 atom stereocenters. The van der Waals surface area contributed by atoms with E-state index in [2.05, 4.69) is 28.4 Å². The molecule has 0 aliphatic heterocycles. The molecule has 19 heavy (non-hydrogen) atoms. The third-order valence-corrected chi connectivity index (χ3v) is 5.91. The van der Waals surface area contributed by atoms with Gasteiger partial charge in [0.25, 0.3) is 0 Å². The van der Waals surface area contributed by atoms with Crippen LogP contribution in [0, 0.1) is 0 Å². The third kappa shape index (κ3) is 2.96. The van der Waals surface area contributed by atoms with Crippen LogP contribution in [0.5, 0.6) is 0 Å². The molecule has 0 aromatic heterocycles. The van der Waals surface area contributed by atoms with Gasteiger partial charge >= 0.3 is 0 Å². The minimum absolute atomic E-state index is 0.871. The van der Waals surface area contributed by atoms with E-state index in [1.54, 1.807) is 16.3 Å². The molecule has 1 aromatic carbocycles. The summed E-state index contributed by atoms with van der Waals surface area (Å²) in [6.45, 7) is 0. The number of hydrogen-bond donors (Lipinski definition) is 0. The van der Waals surface area contributed by atoms with Crippen LogP contribution < -0.4 is 5.19 Å². The Hall–Kier alpha value is -0.563. The molecule has 1 aromatic rings. The molecule has 1 radical (unpaired) electrons. The van der Waals surface area contributed by atoms with Gasteiger partial charge in [0, 0.05) is 10.2 Å². The quantitative estimate of drug-likeness (QED) is 0.712. The molecule has 0 unspecified atom stereocenters. The van der Waals surface area contributed by atoms with Gasteiger partial charge in [0.15, 0.2) is 0 Å². The highest BCUT2D eigenvalue weighted by molar-refractivity contribution is 6.33. The Labute approximate surface area is 121 Å². The Kier molecular flexibility index (Phi) is 4.42. The van der Waals surface area contributed by atoms with Gasteiger partial charge in [-0.05, 0) is 48.6 Å². The van der Waals surface area contributed by atoms with Crippen molar-refractivity contribution >= 4 is 15.4 Å². The molecule has 1 heteroatoms. The Balaban J connectivity index is 1.91. The van der Waals surface area contributed by atoms with E-state index >= 15 is 0 Å². The summed E-state index contributed by atoms with van der Waals surface area (Å²) in [4.78, 5) is 0. The lowest BCUT2D eigenvalue weighted by Crippen LogP contribution is -2.21. The fraction of sp³-hybridized carbons (Fsp3) is 0.667. The van der Waals surface area contributed by atoms with Crippen LogP contribution >= 0.6 is 0 Å². The average Bonchev–Trinajstić information content (AvgIpc) is 2.49. The van der Waals surface area contributed by atoms with Crippen LogP contribution in [0.2, 0.25) is 0 Å². The van der Waals surface area contributed by atoms with Crippen molar-refractivity contribution in [2.75, 3.05) is 0 Å². The summed E-state index contributed by atoms with van der Waals surface area (Å²) in [7, 11) is 2.12. The molecule has 0 spiro atoms. The zero-order valence-electron chi connectivity index (χ0n) is 12.2. The molecular weight excluding hydrogens is 244 g/mol. The lowest BCUT2D eigenvalue weighted by Gasteiger charge is -2.31. The number of rotatable bonds is 2. The topological polar surface area (TPSA) is 0 Å². The van der Waals surface area contributed by atoms with E-state index in [9.17, 15) is 0 Å². The molecular formula is C18H27Si. The summed E-state index contributed by atoms with van der Waals surface area (Å²) in [6.07, 6.45) is 14.5. The summed E-state index contributed by atoms with van der Waals surface area (Å²) >= 11 is 0. The van der Waals surface area contributed by atoms with Crippen molar-refractivity contribution in [1.29, 1.82) is 0 Å². The second kappa shape index (κ2) is 6.26. The molecule has 3 rings (SSSR count). The highest BCUT2D eigenvalue weighted by Crippen LogP contribution is 2.40. The predicted molar refractivity (Wildman–Crippen MR) is 86.3 cm³/mol. The van der Waals surface area contributed by atoms with Gasteiger partial charge in [-0.25, -0.2) is 0 Å². The molecule has 103 valence electrons. The molecule has 0 N–H and O–H groups in total. The van der Waals surface area contributed by atoms with Crippen molar-refractivity contribution < 1.29 is 0 Å². The zero-order chi connectivity index (χ0) is 13.1. The van der Waals surface area contributed by atoms with E-state index in [0.29, 0.717) is 0 Å². The second-order valence-corrected chi connectivity index (χ2v) is 7.35. The first-order valence-electron chi connectivity index (χ1n) is 8.31. The molecule has 0 bridgehead atoms. The standard InChI is InChI=1S/C18H27Si/c19-17-13-7-12-16(14-8-3-1-4-9-14)18(17)15-10-5-2-6-11-15/h7,12-15H,1-6,8-11,19H2. The van der Waals surface area contributed by atoms with Gasteiger partial charge in [-0.2, -0.15) is 0 Å². The van der Waals surface area contributed by atoms with Crippen LogP contribution in [0.3, 0.4) is 0 Å². The highest BCUT2D eigenvalue weighted by atomic mass is 28.1. The lowest BCUT2D eigenvalue weighted by atomic mass is 9.76. The van der Waals surface area contributed by atoms with E-state index in [4.69, 9.17) is 0 Å². The van der Waals surface area contributed by atoms with Gasteiger partial charge in [-0.3, -0.25) is 0 Å². The van der Waals surface area contributed by atoms with E-state index < -0.39 is 0 Å². The van der Waals surface area contributed by atoms with Crippen molar-refractivity contribution in [2.45, 2.75) is 76.0 Å². The first-order chi connectivity index (χ1) is 9.36. The van der Waals surface area contributed by atoms with Crippen molar-refractivity contribution in [3.05, 3.63) is 29.3 Å². The largest absolute Gasteiger partial charge is 0.0660 e. The summed E-state index contributed by atoms with van der Waals surface area (Å²) in [6, 6.07) is 7.12. The van der Waals surface area contributed by atoms with Crippen molar-refractivity contribution in [3.8, 4) is 0 Å². The second-order valence-electron chi connectivity index (χ2n) is 6.59. The Morgan fingerprint density at radius 2 is 1.32 bits per heavy atom. The first-order valence-corrected chi connectivity index (χ1v) is 9.02. The fourth-order valence-corrected chi connectivity index (χ4v) is 4.92. The third-order valence-electron chi connectivity index (χ3n) is 5.29. The van der Waals surface area contributed by atoms with Crippen molar-refractivity contribution in [1.82, 2.24) is 0 Å². The highest BCUT2D eigenvalue weighted by Gasteiger charge is 2.24. The van der Waals surface area contributed by atoms with Gasteiger partial charge in [0.1, 0.15) is 0 Å². The van der Waals surface area contributed by atoms with Crippen molar-refractivity contribution in [2.24, 2.45) is 0 Å². The molecule has 0 nitrogen and oxygen atoms in total. The molecule has 2 aliphatic rings. The maximum absolute atomic E-state index is 2.46. The maximum atomic E-state index is 2.46. The van der Waals surface area contributed by atoms with Crippen LogP contribution in [0.15, 0.2) is 18.2 Å². The average molecular weight is 271 g/mol. The maximum Gasteiger partial charge on any atom is 0.0481 e. The Bertz CT molecular complexity index is 412. The Morgan fingerprint density at radius 1 is 0.737 bits per heavy atom. The minimum Gasteiger partial charge on any atom is -0.0660 e. The summed E-state index contributed by atoms with van der Waals surface area (Å²) in [5.41, 5.74) is 3.51. The van der Waals surface area contributed by atoms with Crippen LogP contribution in [0.4, 0.5) is 0 Å². The van der Waals surface area contributed by atoms with Gasteiger partial charge in [0.05, 0.1) is 0 Å². The van der Waals surface area contributed by atoms with E-state index in [-0.39, 0.29) is 0 Å². The lowest BCUT2D eigenvalue weighted by molar-refractivity contribution is 0.420. The van der Waals surface area contributed by atoms with E-state index in [1.807, 2.05) is 0 Å². The monoisotopic (exact) mass is 271 g/mol. The van der Waals surface area contributed by atoms with E-state index in [0.717, 1.165) is 11.8 Å². The van der Waals surface area contributed by atoms with Crippen LogP contribution in [-0.2, 0) is 0 Å². The molecule has 2 aliphatic carbocycles. The van der Waals surface area contributed by atoms with Crippen LogP contribution in [0.1, 0.15) is 87.2 Å².